The summed E-state index contributed by atoms with van der Waals surface area (Å²) in [5, 5.41) is 11.4. The van der Waals surface area contributed by atoms with Crippen LogP contribution in [-0.4, -0.2) is 32.4 Å². The third-order valence-corrected chi connectivity index (χ3v) is 5.77. The summed E-state index contributed by atoms with van der Waals surface area (Å²) in [5.41, 5.74) is 4.54. The average molecular weight is 401 g/mol. The van der Waals surface area contributed by atoms with Crippen molar-refractivity contribution in [2.45, 2.75) is 32.2 Å². The second kappa shape index (κ2) is 7.74. The zero-order valence-electron chi connectivity index (χ0n) is 16.8. The number of carbonyl (C=O) groups excluding carboxylic acids is 1. The van der Waals surface area contributed by atoms with Crippen LogP contribution in [0.5, 0.6) is 0 Å². The molecule has 5 rings (SSSR count). The molecular weight excluding hydrogens is 378 g/mol. The maximum atomic E-state index is 12.2. The van der Waals surface area contributed by atoms with Gasteiger partial charge >= 0.3 is 0 Å². The van der Waals surface area contributed by atoms with Crippen LogP contribution in [0.15, 0.2) is 59.1 Å². The minimum atomic E-state index is 0.0496. The zero-order chi connectivity index (χ0) is 20.5. The van der Waals surface area contributed by atoms with Crippen LogP contribution in [0.3, 0.4) is 0 Å². The first-order valence-corrected chi connectivity index (χ1v) is 10.4. The number of benzene rings is 2. The molecule has 0 spiro atoms. The van der Waals surface area contributed by atoms with Crippen molar-refractivity contribution in [3.8, 4) is 22.7 Å². The van der Waals surface area contributed by atoms with Gasteiger partial charge in [-0.3, -0.25) is 4.79 Å². The van der Waals surface area contributed by atoms with Crippen molar-refractivity contribution in [3.05, 3.63) is 54.7 Å². The monoisotopic (exact) mass is 401 g/mol. The lowest BCUT2D eigenvalue weighted by Crippen LogP contribution is -2.29. The van der Waals surface area contributed by atoms with Gasteiger partial charge in [0.05, 0.1) is 17.9 Å². The van der Waals surface area contributed by atoms with Crippen LogP contribution >= 0.6 is 0 Å². The van der Waals surface area contributed by atoms with E-state index in [9.17, 15) is 4.79 Å². The van der Waals surface area contributed by atoms with Gasteiger partial charge in [-0.15, -0.1) is 5.10 Å². The van der Waals surface area contributed by atoms with E-state index >= 15 is 0 Å². The van der Waals surface area contributed by atoms with E-state index in [1.807, 2.05) is 60.1 Å². The van der Waals surface area contributed by atoms with Crippen LogP contribution in [0, 0.1) is 5.92 Å². The number of rotatable bonds is 5. The number of nitrogens with one attached hydrogen (secondary N) is 1. The molecule has 4 aromatic rings. The van der Waals surface area contributed by atoms with Gasteiger partial charge in [-0.2, -0.15) is 0 Å². The number of amides is 1. The Morgan fingerprint density at radius 1 is 1.13 bits per heavy atom. The maximum absolute atomic E-state index is 12.2. The van der Waals surface area contributed by atoms with E-state index in [4.69, 9.17) is 4.42 Å². The van der Waals surface area contributed by atoms with Crippen LogP contribution in [0.25, 0.3) is 33.8 Å². The summed E-state index contributed by atoms with van der Waals surface area (Å²) >= 11 is 0. The Balaban J connectivity index is 1.37. The topological polar surface area (TPSA) is 85.8 Å². The molecule has 0 saturated heterocycles. The molecule has 0 radical (unpaired) electrons. The molecule has 1 aliphatic carbocycles. The van der Waals surface area contributed by atoms with E-state index in [0.29, 0.717) is 12.4 Å². The van der Waals surface area contributed by atoms with E-state index in [0.717, 1.165) is 47.2 Å². The summed E-state index contributed by atoms with van der Waals surface area (Å²) in [6.07, 6.45) is 4.39. The van der Waals surface area contributed by atoms with Crippen molar-refractivity contribution in [1.82, 2.24) is 25.3 Å². The van der Waals surface area contributed by atoms with E-state index in [1.165, 1.54) is 0 Å². The Morgan fingerprint density at radius 2 is 1.93 bits per heavy atom. The number of oxazole rings is 1. The highest BCUT2D eigenvalue weighted by atomic mass is 16.3. The number of hydrogen-bond donors (Lipinski definition) is 1. The Bertz CT molecular complexity index is 1140. The van der Waals surface area contributed by atoms with Crippen LogP contribution in [0.2, 0.25) is 0 Å². The molecule has 1 aliphatic rings. The summed E-state index contributed by atoms with van der Waals surface area (Å²) < 4.78 is 7.83. The fourth-order valence-electron chi connectivity index (χ4n) is 4.24. The largest absolute Gasteiger partial charge is 0.436 e. The molecule has 1 N–H and O–H groups in total. The highest BCUT2D eigenvalue weighted by molar-refractivity contribution is 5.79. The minimum Gasteiger partial charge on any atom is -0.436 e. The molecule has 2 aromatic heterocycles. The van der Waals surface area contributed by atoms with Crippen molar-refractivity contribution >= 4 is 17.0 Å². The molecule has 1 saturated carbocycles. The summed E-state index contributed by atoms with van der Waals surface area (Å²) in [7, 11) is 0. The number of hydrogen-bond acceptors (Lipinski definition) is 5. The lowest BCUT2D eigenvalue weighted by molar-refractivity contribution is -0.124. The van der Waals surface area contributed by atoms with Crippen LogP contribution in [-0.2, 0) is 4.79 Å². The Kier molecular flexibility index (Phi) is 4.78. The minimum absolute atomic E-state index is 0.0496. The molecule has 0 bridgehead atoms. The molecule has 0 aliphatic heterocycles. The van der Waals surface area contributed by atoms with Crippen molar-refractivity contribution in [3.63, 3.8) is 0 Å². The first-order chi connectivity index (χ1) is 14.7. The van der Waals surface area contributed by atoms with E-state index in [-0.39, 0.29) is 17.9 Å². The van der Waals surface area contributed by atoms with Crippen molar-refractivity contribution in [2.75, 3.05) is 6.54 Å². The van der Waals surface area contributed by atoms with Crippen LogP contribution in [0.1, 0.15) is 32.2 Å². The summed E-state index contributed by atoms with van der Waals surface area (Å²) in [6.45, 7) is 2.62. The van der Waals surface area contributed by atoms with Crippen molar-refractivity contribution < 1.29 is 9.21 Å². The lowest BCUT2D eigenvalue weighted by Gasteiger charge is -2.14. The van der Waals surface area contributed by atoms with Crippen LogP contribution < -0.4 is 5.32 Å². The fourth-order valence-corrected chi connectivity index (χ4v) is 4.24. The molecule has 30 heavy (non-hydrogen) atoms. The molecule has 2 atom stereocenters. The fraction of sp³-hybridized carbons (Fsp3) is 0.304. The number of fused-ring (bicyclic) bond motifs is 1. The number of para-hydroxylation sites is 2. The molecule has 7 nitrogen and oxygen atoms in total. The summed E-state index contributed by atoms with van der Waals surface area (Å²) in [5.74, 6) is 0.799. The van der Waals surface area contributed by atoms with Gasteiger partial charge in [-0.1, -0.05) is 29.5 Å². The SMILES string of the molecule is CCNC(=O)[C@H]1CC[C@@H](n2nncc2-c2ccc(-c3nc4ccccc4o3)cc2)C1. The van der Waals surface area contributed by atoms with E-state index in [1.54, 1.807) is 6.20 Å². The van der Waals surface area contributed by atoms with Gasteiger partial charge < -0.3 is 9.73 Å². The Labute approximate surface area is 174 Å². The molecule has 1 amide bonds. The van der Waals surface area contributed by atoms with Gasteiger partial charge in [-0.05, 0) is 50.5 Å². The predicted octanol–water partition coefficient (Wildman–Crippen LogP) is 4.23. The van der Waals surface area contributed by atoms with Crippen LogP contribution in [0.4, 0.5) is 0 Å². The molecule has 2 aromatic carbocycles. The van der Waals surface area contributed by atoms with Gasteiger partial charge in [0.1, 0.15) is 5.52 Å². The first kappa shape index (κ1) is 18.5. The van der Waals surface area contributed by atoms with Gasteiger partial charge in [0.25, 0.3) is 0 Å². The van der Waals surface area contributed by atoms with Gasteiger partial charge in [0.2, 0.25) is 11.8 Å². The second-order valence-corrected chi connectivity index (χ2v) is 7.69. The number of aromatic nitrogens is 4. The molecule has 7 heteroatoms. The summed E-state index contributed by atoms with van der Waals surface area (Å²) in [4.78, 5) is 16.7. The van der Waals surface area contributed by atoms with Crippen molar-refractivity contribution in [2.24, 2.45) is 5.92 Å². The quantitative estimate of drug-likeness (QED) is 0.541. The third kappa shape index (κ3) is 3.36. The Morgan fingerprint density at radius 3 is 2.73 bits per heavy atom. The normalized spacial score (nSPS) is 18.7. The molecule has 0 unspecified atom stereocenters. The Hall–Kier alpha value is -3.48. The van der Waals surface area contributed by atoms with E-state index < -0.39 is 0 Å². The zero-order valence-corrected chi connectivity index (χ0v) is 16.8. The van der Waals surface area contributed by atoms with Gasteiger partial charge in [-0.25, -0.2) is 9.67 Å². The molecule has 152 valence electrons. The van der Waals surface area contributed by atoms with Crippen molar-refractivity contribution in [1.29, 1.82) is 0 Å². The predicted molar refractivity (Wildman–Crippen MR) is 114 cm³/mol. The highest BCUT2D eigenvalue weighted by Gasteiger charge is 2.32. The first-order valence-electron chi connectivity index (χ1n) is 10.4. The molecule has 1 fully saturated rings. The lowest BCUT2D eigenvalue weighted by atomic mass is 10.1. The smallest absolute Gasteiger partial charge is 0.227 e. The highest BCUT2D eigenvalue weighted by Crippen LogP contribution is 2.37. The van der Waals surface area contributed by atoms with E-state index in [2.05, 4.69) is 20.6 Å². The van der Waals surface area contributed by atoms with Gasteiger partial charge in [0, 0.05) is 23.6 Å². The number of carbonyl (C=O) groups is 1. The number of nitrogens with zero attached hydrogens (tertiary/aromatic N) is 4. The standard InChI is InChI=1S/C23H23N5O2/c1-2-24-22(29)17-11-12-18(13-17)28-20(14-25-27-28)15-7-9-16(10-8-15)23-26-19-5-3-4-6-21(19)30-23/h3-10,14,17-18H,2,11-13H2,1H3,(H,24,29)/t17-,18+/m0/s1. The van der Waals surface area contributed by atoms with Gasteiger partial charge in [0.15, 0.2) is 5.58 Å². The maximum Gasteiger partial charge on any atom is 0.227 e. The third-order valence-electron chi connectivity index (χ3n) is 5.77. The summed E-state index contributed by atoms with van der Waals surface area (Å²) in [6, 6.07) is 16.0. The average Bonchev–Trinajstić information content (AvgIpc) is 3.52. The second-order valence-electron chi connectivity index (χ2n) is 7.69. The molecular formula is C23H23N5O2. The molecule has 2 heterocycles.